The van der Waals surface area contributed by atoms with Crippen LogP contribution in [0.2, 0.25) is 0 Å². The lowest BCUT2D eigenvalue weighted by Gasteiger charge is -2.16. The molecular weight excluding hydrogens is 346 g/mol. The second-order valence-corrected chi connectivity index (χ2v) is 6.29. The number of fused-ring (bicyclic) bond motifs is 1. The van der Waals surface area contributed by atoms with E-state index in [0.29, 0.717) is 11.3 Å². The van der Waals surface area contributed by atoms with Gasteiger partial charge < -0.3 is 15.0 Å². The van der Waals surface area contributed by atoms with Crippen molar-refractivity contribution in [2.24, 2.45) is 0 Å². The minimum atomic E-state index is -0.634. The Hall–Kier alpha value is -3.61. The molecule has 3 aromatic rings. The summed E-state index contributed by atoms with van der Waals surface area (Å²) in [5, 5.41) is 4.21. The van der Waals surface area contributed by atoms with E-state index in [9.17, 15) is 14.4 Å². The molecule has 1 fully saturated rings. The summed E-state index contributed by atoms with van der Waals surface area (Å²) in [5.74, 6) is -1.08. The van der Waals surface area contributed by atoms with Gasteiger partial charge in [0, 0.05) is 17.4 Å². The summed E-state index contributed by atoms with van der Waals surface area (Å²) in [7, 11) is 1.30. The van der Waals surface area contributed by atoms with Crippen LogP contribution in [0.15, 0.2) is 54.7 Å². The van der Waals surface area contributed by atoms with E-state index in [0.717, 1.165) is 21.5 Å². The number of carbonyl (C=O) groups is 3. The number of imide groups is 1. The quantitative estimate of drug-likeness (QED) is 0.549. The predicted octanol–water partition coefficient (Wildman–Crippen LogP) is 2.70. The molecule has 0 spiro atoms. The maximum atomic E-state index is 12.8. The third kappa shape index (κ3) is 3.03. The van der Waals surface area contributed by atoms with E-state index < -0.39 is 12.0 Å². The molecule has 1 aromatic heterocycles. The first-order valence-corrected chi connectivity index (χ1v) is 8.45. The highest BCUT2D eigenvalue weighted by atomic mass is 16.5. The number of benzene rings is 2. The molecule has 1 aliphatic heterocycles. The number of aromatic amines is 1. The second kappa shape index (κ2) is 6.60. The number of carbonyl (C=O) groups excluding carboxylic acids is 3. The van der Waals surface area contributed by atoms with Crippen molar-refractivity contribution >= 4 is 40.1 Å². The molecule has 2 amide bonds. The Morgan fingerprint density at radius 2 is 1.93 bits per heavy atom. The average Bonchev–Trinajstić information content (AvgIpc) is 3.25. The van der Waals surface area contributed by atoms with Gasteiger partial charge in [0.05, 0.1) is 24.8 Å². The van der Waals surface area contributed by atoms with E-state index in [2.05, 4.69) is 15.0 Å². The summed E-state index contributed by atoms with van der Waals surface area (Å²) >= 11 is 0. The molecule has 7 heteroatoms. The highest BCUT2D eigenvalue weighted by Gasteiger charge is 2.39. The molecule has 0 bridgehead atoms. The number of methoxy groups -OCH3 is 1. The SMILES string of the molecule is COC(=O)c1ccc(N2C(=O)CC(Nc3ccc4cc[nH]c4c3)C2=O)cc1. The van der Waals surface area contributed by atoms with E-state index in [4.69, 9.17) is 0 Å². The van der Waals surface area contributed by atoms with Gasteiger partial charge in [0.15, 0.2) is 0 Å². The molecular formula is C20H17N3O4. The molecule has 7 nitrogen and oxygen atoms in total. The third-order valence-electron chi connectivity index (χ3n) is 4.59. The number of amides is 2. The second-order valence-electron chi connectivity index (χ2n) is 6.29. The van der Waals surface area contributed by atoms with Gasteiger partial charge in [-0.2, -0.15) is 0 Å². The van der Waals surface area contributed by atoms with E-state index in [-0.39, 0.29) is 18.2 Å². The summed E-state index contributed by atoms with van der Waals surface area (Å²) in [5.41, 5.74) is 2.50. The summed E-state index contributed by atoms with van der Waals surface area (Å²) in [6.45, 7) is 0. The van der Waals surface area contributed by atoms with Crippen molar-refractivity contribution in [1.82, 2.24) is 4.98 Å². The first-order chi connectivity index (χ1) is 13.1. The van der Waals surface area contributed by atoms with Gasteiger partial charge in [-0.1, -0.05) is 6.07 Å². The Balaban J connectivity index is 1.53. The third-order valence-corrected chi connectivity index (χ3v) is 4.59. The fourth-order valence-electron chi connectivity index (χ4n) is 3.22. The van der Waals surface area contributed by atoms with E-state index in [1.807, 2.05) is 30.5 Å². The standard InChI is InChI=1S/C20H17N3O4/c1-27-20(26)13-3-6-15(7-4-13)23-18(24)11-17(19(23)25)22-14-5-2-12-8-9-21-16(12)10-14/h2-10,17,21-22H,11H2,1H3. The largest absolute Gasteiger partial charge is 0.465 e. The Kier molecular flexibility index (Phi) is 4.12. The van der Waals surface area contributed by atoms with Gasteiger partial charge in [0.25, 0.3) is 5.91 Å². The predicted molar refractivity (Wildman–Crippen MR) is 101 cm³/mol. The molecule has 0 aliphatic carbocycles. The molecule has 27 heavy (non-hydrogen) atoms. The van der Waals surface area contributed by atoms with Crippen molar-refractivity contribution < 1.29 is 19.1 Å². The number of hydrogen-bond donors (Lipinski definition) is 2. The fraction of sp³-hybridized carbons (Fsp3) is 0.150. The summed E-state index contributed by atoms with van der Waals surface area (Å²) in [4.78, 5) is 40.9. The van der Waals surface area contributed by atoms with Crippen LogP contribution in [0.5, 0.6) is 0 Å². The van der Waals surface area contributed by atoms with Crippen LogP contribution in [0.25, 0.3) is 10.9 Å². The van der Waals surface area contributed by atoms with Crippen LogP contribution in [0.4, 0.5) is 11.4 Å². The van der Waals surface area contributed by atoms with Gasteiger partial charge in [-0.15, -0.1) is 0 Å². The molecule has 2 aromatic carbocycles. The van der Waals surface area contributed by atoms with Crippen molar-refractivity contribution in [2.75, 3.05) is 17.3 Å². The molecule has 1 aliphatic rings. The molecule has 1 saturated heterocycles. The van der Waals surface area contributed by atoms with Crippen molar-refractivity contribution in [2.45, 2.75) is 12.5 Å². The molecule has 1 atom stereocenters. The molecule has 4 rings (SSSR count). The first kappa shape index (κ1) is 16.8. The lowest BCUT2D eigenvalue weighted by atomic mass is 10.2. The molecule has 1 unspecified atom stereocenters. The van der Waals surface area contributed by atoms with Gasteiger partial charge in [-0.3, -0.25) is 9.59 Å². The number of H-pyrrole nitrogens is 1. The van der Waals surface area contributed by atoms with Crippen LogP contribution in [-0.4, -0.2) is 35.9 Å². The lowest BCUT2D eigenvalue weighted by Crippen LogP contribution is -2.34. The Morgan fingerprint density at radius 1 is 1.15 bits per heavy atom. The van der Waals surface area contributed by atoms with E-state index in [1.54, 1.807) is 12.1 Å². The normalized spacial score (nSPS) is 16.8. The van der Waals surface area contributed by atoms with Crippen LogP contribution in [0.1, 0.15) is 16.8 Å². The number of hydrogen-bond acceptors (Lipinski definition) is 5. The minimum Gasteiger partial charge on any atom is -0.465 e. The zero-order chi connectivity index (χ0) is 19.0. The van der Waals surface area contributed by atoms with E-state index in [1.165, 1.54) is 19.2 Å². The number of rotatable bonds is 4. The Bertz CT molecular complexity index is 1040. The Labute approximate surface area is 154 Å². The summed E-state index contributed by atoms with van der Waals surface area (Å²) in [6.07, 6.45) is 1.92. The number of nitrogens with zero attached hydrogens (tertiary/aromatic N) is 1. The Morgan fingerprint density at radius 3 is 2.67 bits per heavy atom. The van der Waals surface area contributed by atoms with Gasteiger partial charge in [0.1, 0.15) is 6.04 Å². The molecule has 2 heterocycles. The van der Waals surface area contributed by atoms with Crippen molar-refractivity contribution in [3.63, 3.8) is 0 Å². The minimum absolute atomic E-state index is 0.0698. The lowest BCUT2D eigenvalue weighted by molar-refractivity contribution is -0.121. The van der Waals surface area contributed by atoms with Crippen LogP contribution >= 0.6 is 0 Å². The number of nitrogens with one attached hydrogen (secondary N) is 2. The van der Waals surface area contributed by atoms with Crippen molar-refractivity contribution in [3.8, 4) is 0 Å². The topological polar surface area (TPSA) is 91.5 Å². The smallest absolute Gasteiger partial charge is 0.337 e. The van der Waals surface area contributed by atoms with E-state index >= 15 is 0 Å². The zero-order valence-corrected chi connectivity index (χ0v) is 14.6. The van der Waals surface area contributed by atoms with Crippen molar-refractivity contribution in [1.29, 1.82) is 0 Å². The monoisotopic (exact) mass is 363 g/mol. The fourth-order valence-corrected chi connectivity index (χ4v) is 3.22. The molecule has 2 N–H and O–H groups in total. The van der Waals surface area contributed by atoms with Gasteiger partial charge in [0.2, 0.25) is 5.91 Å². The molecule has 0 saturated carbocycles. The number of anilines is 2. The van der Waals surface area contributed by atoms with Crippen molar-refractivity contribution in [3.05, 3.63) is 60.3 Å². The zero-order valence-electron chi connectivity index (χ0n) is 14.6. The number of esters is 1. The summed E-state index contributed by atoms with van der Waals surface area (Å²) in [6, 6.07) is 13.2. The number of ether oxygens (including phenoxy) is 1. The average molecular weight is 363 g/mol. The van der Waals surface area contributed by atoms with Gasteiger partial charge in [-0.05, 0) is 47.9 Å². The van der Waals surface area contributed by atoms with Crippen LogP contribution in [-0.2, 0) is 14.3 Å². The molecule has 136 valence electrons. The highest BCUT2D eigenvalue weighted by molar-refractivity contribution is 6.23. The first-order valence-electron chi connectivity index (χ1n) is 8.45. The van der Waals surface area contributed by atoms with Gasteiger partial charge >= 0.3 is 5.97 Å². The molecule has 0 radical (unpaired) electrons. The number of aromatic nitrogens is 1. The maximum Gasteiger partial charge on any atom is 0.337 e. The van der Waals surface area contributed by atoms with Crippen LogP contribution in [0, 0.1) is 0 Å². The summed E-state index contributed by atoms with van der Waals surface area (Å²) < 4.78 is 4.65. The maximum absolute atomic E-state index is 12.8. The van der Waals surface area contributed by atoms with Crippen LogP contribution < -0.4 is 10.2 Å². The highest BCUT2D eigenvalue weighted by Crippen LogP contribution is 2.26. The van der Waals surface area contributed by atoms with Gasteiger partial charge in [-0.25, -0.2) is 9.69 Å². The van der Waals surface area contributed by atoms with Crippen LogP contribution in [0.3, 0.4) is 0 Å².